The van der Waals surface area contributed by atoms with Crippen molar-refractivity contribution in [3.8, 4) is 5.75 Å². The van der Waals surface area contributed by atoms with Crippen LogP contribution in [0.25, 0.3) is 0 Å². The molecule has 0 saturated carbocycles. The van der Waals surface area contributed by atoms with Gasteiger partial charge in [0.15, 0.2) is 0 Å². The standard InChI is InChI=1S/C20H32N2O/c1-6-14(21)11-13-12-15-17-16(18(13)23)20(4,5)8-10-22(17)9-7-19(15,2)3/h12,14,23H,6-11,21H2,1-5H3. The Morgan fingerprint density at radius 3 is 2.39 bits per heavy atom. The van der Waals surface area contributed by atoms with Crippen LogP contribution in [0, 0.1) is 0 Å². The highest BCUT2D eigenvalue weighted by atomic mass is 16.3. The lowest BCUT2D eigenvalue weighted by molar-refractivity contribution is 0.374. The van der Waals surface area contributed by atoms with E-state index in [0.717, 1.165) is 43.5 Å². The van der Waals surface area contributed by atoms with Crippen LogP contribution in [0.4, 0.5) is 5.69 Å². The Bertz CT molecular complexity index is 617. The van der Waals surface area contributed by atoms with Gasteiger partial charge in [0, 0.05) is 30.4 Å². The molecule has 3 rings (SSSR count). The average Bonchev–Trinajstić information content (AvgIpc) is 2.47. The van der Waals surface area contributed by atoms with Crippen molar-refractivity contribution in [3.05, 3.63) is 22.8 Å². The van der Waals surface area contributed by atoms with Crippen molar-refractivity contribution in [1.82, 2.24) is 0 Å². The molecule has 3 N–H and O–H groups in total. The minimum absolute atomic E-state index is 0.0183. The van der Waals surface area contributed by atoms with Gasteiger partial charge in [0.2, 0.25) is 0 Å². The lowest BCUT2D eigenvalue weighted by atomic mass is 9.68. The minimum Gasteiger partial charge on any atom is -0.507 e. The van der Waals surface area contributed by atoms with Crippen LogP contribution < -0.4 is 10.6 Å². The van der Waals surface area contributed by atoms with Crippen LogP contribution >= 0.6 is 0 Å². The first-order chi connectivity index (χ1) is 10.7. The van der Waals surface area contributed by atoms with Gasteiger partial charge in [0.25, 0.3) is 0 Å². The number of nitrogens with zero attached hydrogens (tertiary/aromatic N) is 1. The Morgan fingerprint density at radius 1 is 1.17 bits per heavy atom. The Balaban J connectivity index is 2.25. The summed E-state index contributed by atoms with van der Waals surface area (Å²) in [7, 11) is 0. The van der Waals surface area contributed by atoms with Crippen molar-refractivity contribution < 1.29 is 5.11 Å². The van der Waals surface area contributed by atoms with E-state index >= 15 is 0 Å². The number of phenolic OH excluding ortho intramolecular Hbond substituents is 1. The number of hydrogen-bond acceptors (Lipinski definition) is 3. The van der Waals surface area contributed by atoms with Gasteiger partial charge in [-0.2, -0.15) is 0 Å². The first-order valence-corrected chi connectivity index (χ1v) is 9.07. The molecule has 0 amide bonds. The zero-order chi connectivity index (χ0) is 17.0. The largest absolute Gasteiger partial charge is 0.507 e. The molecule has 0 bridgehead atoms. The molecule has 0 aliphatic carbocycles. The second-order valence-electron chi connectivity index (χ2n) is 8.78. The van der Waals surface area contributed by atoms with Gasteiger partial charge in [-0.05, 0) is 53.7 Å². The first kappa shape index (κ1) is 16.6. The Labute approximate surface area is 140 Å². The Kier molecular flexibility index (Phi) is 3.91. The number of rotatable bonds is 3. The second-order valence-corrected chi connectivity index (χ2v) is 8.78. The van der Waals surface area contributed by atoms with E-state index in [1.54, 1.807) is 0 Å². The minimum atomic E-state index is 0.0183. The molecule has 2 heterocycles. The van der Waals surface area contributed by atoms with E-state index in [0.29, 0.717) is 5.75 Å². The number of aromatic hydroxyl groups is 1. The van der Waals surface area contributed by atoms with E-state index in [1.165, 1.54) is 17.7 Å². The molecule has 3 nitrogen and oxygen atoms in total. The van der Waals surface area contributed by atoms with Gasteiger partial charge < -0.3 is 15.7 Å². The quantitative estimate of drug-likeness (QED) is 0.891. The molecule has 0 fully saturated rings. The molecule has 1 atom stereocenters. The van der Waals surface area contributed by atoms with Crippen molar-refractivity contribution in [2.24, 2.45) is 5.73 Å². The van der Waals surface area contributed by atoms with Crippen molar-refractivity contribution in [2.45, 2.75) is 77.2 Å². The van der Waals surface area contributed by atoms with Gasteiger partial charge in [-0.25, -0.2) is 0 Å². The van der Waals surface area contributed by atoms with Gasteiger partial charge in [-0.1, -0.05) is 34.6 Å². The predicted octanol–water partition coefficient (Wildman–Crippen LogP) is 3.84. The van der Waals surface area contributed by atoms with Gasteiger partial charge in [-0.3, -0.25) is 0 Å². The van der Waals surface area contributed by atoms with E-state index in [1.807, 2.05) is 0 Å². The SMILES string of the molecule is CCC(N)Cc1cc2c3c(c1O)C(C)(C)CCN3CCC2(C)C. The maximum absolute atomic E-state index is 11.1. The summed E-state index contributed by atoms with van der Waals surface area (Å²) in [6.07, 6.45) is 3.96. The third-order valence-corrected chi connectivity index (χ3v) is 6.09. The van der Waals surface area contributed by atoms with E-state index in [9.17, 15) is 5.11 Å². The number of benzene rings is 1. The summed E-state index contributed by atoms with van der Waals surface area (Å²) in [6, 6.07) is 2.36. The fourth-order valence-electron chi connectivity index (χ4n) is 4.21. The van der Waals surface area contributed by atoms with E-state index in [4.69, 9.17) is 5.73 Å². The highest BCUT2D eigenvalue weighted by molar-refractivity contribution is 5.73. The van der Waals surface area contributed by atoms with Crippen LogP contribution in [0.5, 0.6) is 5.75 Å². The smallest absolute Gasteiger partial charge is 0.124 e. The zero-order valence-corrected chi connectivity index (χ0v) is 15.4. The molecule has 0 saturated heterocycles. The van der Waals surface area contributed by atoms with Crippen molar-refractivity contribution >= 4 is 5.69 Å². The molecule has 0 spiro atoms. The van der Waals surface area contributed by atoms with Crippen LogP contribution in [0.3, 0.4) is 0 Å². The van der Waals surface area contributed by atoms with Gasteiger partial charge >= 0.3 is 0 Å². The molecule has 0 aromatic heterocycles. The van der Waals surface area contributed by atoms with Crippen LogP contribution in [-0.4, -0.2) is 24.2 Å². The van der Waals surface area contributed by atoms with Crippen LogP contribution in [0.15, 0.2) is 6.07 Å². The molecule has 1 unspecified atom stereocenters. The molecule has 23 heavy (non-hydrogen) atoms. The van der Waals surface area contributed by atoms with Crippen molar-refractivity contribution in [1.29, 1.82) is 0 Å². The molecule has 3 heteroatoms. The maximum atomic E-state index is 11.1. The van der Waals surface area contributed by atoms with Gasteiger partial charge in [0.05, 0.1) is 0 Å². The summed E-state index contributed by atoms with van der Waals surface area (Å²) in [6.45, 7) is 13.5. The second kappa shape index (κ2) is 5.41. The summed E-state index contributed by atoms with van der Waals surface area (Å²) < 4.78 is 0. The molecule has 2 aliphatic rings. The van der Waals surface area contributed by atoms with E-state index < -0.39 is 0 Å². The summed E-state index contributed by atoms with van der Waals surface area (Å²) >= 11 is 0. The Morgan fingerprint density at radius 2 is 1.78 bits per heavy atom. The lowest BCUT2D eigenvalue weighted by Crippen LogP contribution is -2.45. The van der Waals surface area contributed by atoms with Crippen molar-refractivity contribution in [3.63, 3.8) is 0 Å². The summed E-state index contributed by atoms with van der Waals surface area (Å²) in [5, 5.41) is 11.1. The van der Waals surface area contributed by atoms with Crippen LogP contribution in [0.1, 0.15) is 70.6 Å². The van der Waals surface area contributed by atoms with Gasteiger partial charge in [-0.15, -0.1) is 0 Å². The molecular formula is C20H32N2O. The fraction of sp³-hybridized carbons (Fsp3) is 0.700. The highest BCUT2D eigenvalue weighted by Crippen LogP contribution is 2.53. The molecule has 1 aromatic rings. The number of phenols is 1. The fourth-order valence-corrected chi connectivity index (χ4v) is 4.21. The lowest BCUT2D eigenvalue weighted by Gasteiger charge is -2.48. The van der Waals surface area contributed by atoms with E-state index in [-0.39, 0.29) is 16.9 Å². The normalized spacial score (nSPS) is 22.6. The number of anilines is 1. The summed E-state index contributed by atoms with van der Waals surface area (Å²) in [4.78, 5) is 2.49. The summed E-state index contributed by atoms with van der Waals surface area (Å²) in [5.41, 5.74) is 11.3. The Hall–Kier alpha value is -1.22. The first-order valence-electron chi connectivity index (χ1n) is 9.07. The monoisotopic (exact) mass is 316 g/mol. The van der Waals surface area contributed by atoms with Gasteiger partial charge in [0.1, 0.15) is 5.75 Å². The zero-order valence-electron chi connectivity index (χ0n) is 15.4. The molecule has 0 radical (unpaired) electrons. The number of nitrogens with two attached hydrogens (primary N) is 1. The van der Waals surface area contributed by atoms with Crippen LogP contribution in [0.2, 0.25) is 0 Å². The average molecular weight is 316 g/mol. The third-order valence-electron chi connectivity index (χ3n) is 6.09. The summed E-state index contributed by atoms with van der Waals surface area (Å²) in [5.74, 6) is 0.500. The molecule has 2 aliphatic heterocycles. The maximum Gasteiger partial charge on any atom is 0.124 e. The highest BCUT2D eigenvalue weighted by Gasteiger charge is 2.42. The molecule has 128 valence electrons. The molecule has 1 aromatic carbocycles. The van der Waals surface area contributed by atoms with E-state index in [2.05, 4.69) is 45.6 Å². The predicted molar refractivity (Wildman–Crippen MR) is 97.6 cm³/mol. The third kappa shape index (κ3) is 2.63. The number of hydrogen-bond donors (Lipinski definition) is 2. The van der Waals surface area contributed by atoms with Crippen molar-refractivity contribution in [2.75, 3.05) is 18.0 Å². The topological polar surface area (TPSA) is 49.5 Å². The van der Waals surface area contributed by atoms with Crippen LogP contribution in [-0.2, 0) is 17.3 Å². The molecular weight excluding hydrogens is 284 g/mol.